The van der Waals surface area contributed by atoms with Crippen molar-refractivity contribution < 1.29 is 9.59 Å². The van der Waals surface area contributed by atoms with Gasteiger partial charge in [0.2, 0.25) is 5.91 Å². The second kappa shape index (κ2) is 7.76. The number of nitrogens with one attached hydrogen (secondary N) is 3. The van der Waals surface area contributed by atoms with E-state index in [0.29, 0.717) is 11.7 Å². The molecule has 0 spiro atoms. The lowest BCUT2D eigenvalue weighted by Crippen LogP contribution is -2.68. The first-order valence-electron chi connectivity index (χ1n) is 10.4. The van der Waals surface area contributed by atoms with Gasteiger partial charge in [0.15, 0.2) is 5.78 Å². The lowest BCUT2D eigenvalue weighted by Gasteiger charge is -2.49. The number of thioether (sulfide) groups is 1. The fourth-order valence-electron chi connectivity index (χ4n) is 4.69. The molecule has 7 heteroatoms. The highest BCUT2D eigenvalue weighted by Crippen LogP contribution is 2.47. The Morgan fingerprint density at radius 1 is 1.28 bits per heavy atom. The van der Waals surface area contributed by atoms with E-state index in [1.807, 2.05) is 12.1 Å². The fourth-order valence-corrected chi connectivity index (χ4v) is 5.75. The Bertz CT molecular complexity index is 838. The predicted molar refractivity (Wildman–Crippen MR) is 115 cm³/mol. The number of nitrogens with zero attached hydrogens (tertiary/aromatic N) is 1. The van der Waals surface area contributed by atoms with Crippen LogP contribution in [0.4, 0.5) is 0 Å². The van der Waals surface area contributed by atoms with Crippen LogP contribution in [0.1, 0.15) is 58.4 Å². The minimum Gasteiger partial charge on any atom is -0.372 e. The minimum absolute atomic E-state index is 0.0138. The molecule has 156 valence electrons. The van der Waals surface area contributed by atoms with E-state index in [9.17, 15) is 9.59 Å². The molecule has 1 amide bonds. The fraction of sp³-hybridized carbons (Fsp3) is 0.591. The Morgan fingerprint density at radius 2 is 2.07 bits per heavy atom. The number of rotatable bonds is 4. The SMILES string of the molecule is CCC(C)SC1NC(=O)C2C(NC3=C(C(=O)CC(C)(C)C3)C2c2cccnc2)N1. The monoisotopic (exact) mass is 414 g/mol. The molecule has 5 atom stereocenters. The molecule has 3 heterocycles. The van der Waals surface area contributed by atoms with Crippen molar-refractivity contribution in [3.8, 4) is 0 Å². The number of ketones is 1. The number of Topliss-reactive ketones (excluding diaryl/α,β-unsaturated/α-hetero) is 1. The summed E-state index contributed by atoms with van der Waals surface area (Å²) in [5.41, 5.74) is 2.45. The van der Waals surface area contributed by atoms with Gasteiger partial charge in [-0.15, -0.1) is 11.8 Å². The Kier molecular flexibility index (Phi) is 5.46. The first-order valence-corrected chi connectivity index (χ1v) is 11.4. The average Bonchev–Trinajstić information content (AvgIpc) is 2.66. The number of amides is 1. The molecule has 0 radical (unpaired) electrons. The normalized spacial score (nSPS) is 32.0. The van der Waals surface area contributed by atoms with Gasteiger partial charge in [-0.3, -0.25) is 19.9 Å². The maximum Gasteiger partial charge on any atom is 0.229 e. The van der Waals surface area contributed by atoms with Crippen LogP contribution in [0.3, 0.4) is 0 Å². The number of allylic oxidation sites excluding steroid dienone is 2. The highest BCUT2D eigenvalue weighted by molar-refractivity contribution is 8.00. The summed E-state index contributed by atoms with van der Waals surface area (Å²) in [6.45, 7) is 8.57. The van der Waals surface area contributed by atoms with E-state index in [1.54, 1.807) is 24.2 Å². The molecule has 0 aromatic carbocycles. The molecule has 0 bridgehead atoms. The van der Waals surface area contributed by atoms with Gasteiger partial charge < -0.3 is 10.6 Å². The van der Waals surface area contributed by atoms with E-state index in [0.717, 1.165) is 29.7 Å². The van der Waals surface area contributed by atoms with E-state index in [2.05, 4.69) is 48.6 Å². The summed E-state index contributed by atoms with van der Waals surface area (Å²) in [5.74, 6) is -0.549. The highest BCUT2D eigenvalue weighted by Gasteiger charge is 2.51. The number of hydrogen-bond donors (Lipinski definition) is 3. The number of fused-ring (bicyclic) bond motifs is 1. The van der Waals surface area contributed by atoms with Gasteiger partial charge in [-0.2, -0.15) is 0 Å². The van der Waals surface area contributed by atoms with Crippen molar-refractivity contribution in [2.75, 3.05) is 0 Å². The first-order chi connectivity index (χ1) is 13.8. The third-order valence-corrected chi connectivity index (χ3v) is 7.50. The quantitative estimate of drug-likeness (QED) is 0.703. The maximum absolute atomic E-state index is 13.2. The molecule has 4 rings (SSSR count). The van der Waals surface area contributed by atoms with Crippen LogP contribution in [0.25, 0.3) is 0 Å². The molecule has 29 heavy (non-hydrogen) atoms. The summed E-state index contributed by atoms with van der Waals surface area (Å²) in [6.07, 6.45) is 5.65. The number of carbonyl (C=O) groups is 2. The van der Waals surface area contributed by atoms with Crippen molar-refractivity contribution in [3.63, 3.8) is 0 Å². The smallest absolute Gasteiger partial charge is 0.229 e. The molecule has 3 N–H and O–H groups in total. The van der Waals surface area contributed by atoms with Crippen LogP contribution in [0.2, 0.25) is 0 Å². The van der Waals surface area contributed by atoms with E-state index in [-0.39, 0.29) is 34.7 Å². The summed E-state index contributed by atoms with van der Waals surface area (Å²) in [4.78, 5) is 30.7. The molecule has 1 aliphatic carbocycles. The van der Waals surface area contributed by atoms with Gasteiger partial charge in [0.1, 0.15) is 5.50 Å². The van der Waals surface area contributed by atoms with E-state index < -0.39 is 5.92 Å². The van der Waals surface area contributed by atoms with Crippen LogP contribution in [0, 0.1) is 11.3 Å². The van der Waals surface area contributed by atoms with Crippen LogP contribution in [0.15, 0.2) is 35.8 Å². The Morgan fingerprint density at radius 3 is 2.76 bits per heavy atom. The zero-order chi connectivity index (χ0) is 20.8. The lowest BCUT2D eigenvalue weighted by molar-refractivity contribution is -0.130. The predicted octanol–water partition coefficient (Wildman–Crippen LogP) is 2.89. The standard InChI is InChI=1S/C22H30N4O2S/c1-5-12(2)29-21-25-19-18(20(28)26-21)16(13-7-6-8-23-11-13)17-14(24-19)9-22(3,4)10-15(17)27/h6-8,11-12,16,18-19,21,24-25H,5,9-10H2,1-4H3,(H,26,28). The van der Waals surface area contributed by atoms with Crippen LogP contribution in [0.5, 0.6) is 0 Å². The van der Waals surface area contributed by atoms with Gasteiger partial charge in [-0.25, -0.2) is 0 Å². The zero-order valence-electron chi connectivity index (χ0n) is 17.5. The van der Waals surface area contributed by atoms with E-state index >= 15 is 0 Å². The van der Waals surface area contributed by atoms with Crippen LogP contribution in [-0.2, 0) is 9.59 Å². The van der Waals surface area contributed by atoms with Gasteiger partial charge in [-0.05, 0) is 29.9 Å². The average molecular weight is 415 g/mol. The number of aromatic nitrogens is 1. The molecule has 2 aliphatic heterocycles. The highest BCUT2D eigenvalue weighted by atomic mass is 32.2. The number of hydrogen-bond acceptors (Lipinski definition) is 6. The molecule has 1 saturated heterocycles. The van der Waals surface area contributed by atoms with Crippen molar-refractivity contribution in [3.05, 3.63) is 41.4 Å². The zero-order valence-corrected chi connectivity index (χ0v) is 18.3. The summed E-state index contributed by atoms with van der Waals surface area (Å²) >= 11 is 1.73. The molecule has 6 nitrogen and oxygen atoms in total. The summed E-state index contributed by atoms with van der Waals surface area (Å²) < 4.78 is 0. The number of carbonyl (C=O) groups excluding carboxylic acids is 2. The van der Waals surface area contributed by atoms with Gasteiger partial charge in [0.25, 0.3) is 0 Å². The van der Waals surface area contributed by atoms with Crippen molar-refractivity contribution in [1.29, 1.82) is 0 Å². The van der Waals surface area contributed by atoms with Crippen molar-refractivity contribution in [1.82, 2.24) is 20.9 Å². The van der Waals surface area contributed by atoms with E-state index in [4.69, 9.17) is 0 Å². The second-order valence-electron chi connectivity index (χ2n) is 9.16. The molecule has 1 aromatic rings. The summed E-state index contributed by atoms with van der Waals surface area (Å²) in [6, 6.07) is 3.85. The van der Waals surface area contributed by atoms with Crippen LogP contribution >= 0.6 is 11.8 Å². The molecular weight excluding hydrogens is 384 g/mol. The largest absolute Gasteiger partial charge is 0.372 e. The summed E-state index contributed by atoms with van der Waals surface area (Å²) in [5, 5.41) is 10.7. The van der Waals surface area contributed by atoms with Crippen molar-refractivity contribution in [2.24, 2.45) is 11.3 Å². The first kappa shape index (κ1) is 20.4. The molecule has 1 aromatic heterocycles. The van der Waals surface area contributed by atoms with Gasteiger partial charge >= 0.3 is 0 Å². The van der Waals surface area contributed by atoms with Gasteiger partial charge in [0, 0.05) is 41.3 Å². The van der Waals surface area contributed by atoms with Crippen molar-refractivity contribution >= 4 is 23.5 Å². The van der Waals surface area contributed by atoms with Gasteiger partial charge in [-0.1, -0.05) is 33.8 Å². The summed E-state index contributed by atoms with van der Waals surface area (Å²) in [7, 11) is 0. The molecule has 3 aliphatic rings. The lowest BCUT2D eigenvalue weighted by atomic mass is 9.66. The topological polar surface area (TPSA) is 83.1 Å². The molecule has 5 unspecified atom stereocenters. The molecule has 1 fully saturated rings. The van der Waals surface area contributed by atoms with E-state index in [1.165, 1.54) is 0 Å². The second-order valence-corrected chi connectivity index (χ2v) is 10.7. The Labute approximate surface area is 176 Å². The Balaban J connectivity index is 1.74. The number of pyridine rings is 1. The molecule has 0 saturated carbocycles. The minimum atomic E-state index is -0.392. The third kappa shape index (κ3) is 3.94. The van der Waals surface area contributed by atoms with Gasteiger partial charge in [0.05, 0.1) is 12.1 Å². The Hall–Kier alpha value is -1.86. The van der Waals surface area contributed by atoms with Crippen LogP contribution < -0.4 is 16.0 Å². The van der Waals surface area contributed by atoms with Crippen molar-refractivity contribution in [2.45, 2.75) is 69.8 Å². The molecular formula is C22H30N4O2S. The maximum atomic E-state index is 13.2. The van der Waals surface area contributed by atoms with Crippen LogP contribution in [-0.4, -0.2) is 33.6 Å². The third-order valence-electron chi connectivity index (χ3n) is 6.17.